The molecule has 1 rings (SSSR count). The maximum atomic E-state index is 12.5. The van der Waals surface area contributed by atoms with Gasteiger partial charge in [-0.05, 0) is 0 Å². The Hall–Kier alpha value is -0.920. The first-order valence-corrected chi connectivity index (χ1v) is 3.04. The summed E-state index contributed by atoms with van der Waals surface area (Å²) in [6.07, 6.45) is 0. The van der Waals surface area contributed by atoms with Gasteiger partial charge in [0.05, 0.1) is 0 Å². The number of benzene rings is 1. The van der Waals surface area contributed by atoms with Crippen molar-refractivity contribution in [3.63, 3.8) is 0 Å². The second-order valence-electron chi connectivity index (χ2n) is 2.25. The minimum absolute atomic E-state index is 0.0648. The van der Waals surface area contributed by atoms with Crippen LogP contribution in [0.1, 0.15) is 12.5 Å². The zero-order chi connectivity index (χ0) is 7.61. The van der Waals surface area contributed by atoms with E-state index in [-0.39, 0.29) is 5.56 Å². The van der Waals surface area contributed by atoms with Crippen molar-refractivity contribution in [3.05, 3.63) is 35.9 Å². The van der Waals surface area contributed by atoms with E-state index >= 15 is 0 Å². The van der Waals surface area contributed by atoms with E-state index in [1.807, 2.05) is 0 Å². The first-order chi connectivity index (χ1) is 4.61. The Morgan fingerprint density at radius 1 is 1.10 bits per heavy atom. The minimum Gasteiger partial charge on any atom is -0.202 e. The molecule has 1 aromatic carbocycles. The Balaban J connectivity index is 2.97. The number of hydrogen-bond acceptors (Lipinski definition) is 0. The monoisotopic (exact) mass is 142 g/mol. The summed E-state index contributed by atoms with van der Waals surface area (Å²) >= 11 is 0. The molecule has 0 saturated heterocycles. The quantitative estimate of drug-likeness (QED) is 0.565. The van der Waals surface area contributed by atoms with Gasteiger partial charge in [-0.1, -0.05) is 30.3 Å². The highest BCUT2D eigenvalue weighted by atomic mass is 19.3. The molecular formula is C8H8F2. The molecule has 0 radical (unpaired) electrons. The second kappa shape index (κ2) is 2.37. The first-order valence-electron chi connectivity index (χ1n) is 3.04. The number of rotatable bonds is 1. The lowest BCUT2D eigenvalue weighted by Gasteiger charge is -2.08. The molecule has 0 atom stereocenters. The summed E-state index contributed by atoms with van der Waals surface area (Å²) in [6.45, 7) is 0.891. The average molecular weight is 142 g/mol. The molecule has 0 aromatic heterocycles. The molecule has 10 heavy (non-hydrogen) atoms. The molecule has 0 heterocycles. The van der Waals surface area contributed by atoms with Crippen LogP contribution in [0.4, 0.5) is 8.78 Å². The van der Waals surface area contributed by atoms with Gasteiger partial charge in [-0.15, -0.1) is 0 Å². The highest BCUT2D eigenvalue weighted by Gasteiger charge is 2.22. The summed E-state index contributed by atoms with van der Waals surface area (Å²) in [4.78, 5) is 0. The predicted octanol–water partition coefficient (Wildman–Crippen LogP) is 2.80. The van der Waals surface area contributed by atoms with Gasteiger partial charge in [0.1, 0.15) is 0 Å². The normalized spacial score (nSPS) is 11.5. The van der Waals surface area contributed by atoms with Crippen molar-refractivity contribution >= 4 is 0 Å². The van der Waals surface area contributed by atoms with E-state index in [0.717, 1.165) is 6.92 Å². The summed E-state index contributed by atoms with van der Waals surface area (Å²) in [5.41, 5.74) is 0.0648. The van der Waals surface area contributed by atoms with Crippen molar-refractivity contribution in [2.75, 3.05) is 0 Å². The lowest BCUT2D eigenvalue weighted by molar-refractivity contribution is 0.0175. The molecule has 0 aliphatic heterocycles. The molecule has 0 amide bonds. The Kier molecular flexibility index (Phi) is 1.70. The van der Waals surface area contributed by atoms with Gasteiger partial charge in [-0.25, -0.2) is 8.78 Å². The average Bonchev–Trinajstić information content (AvgIpc) is 1.88. The van der Waals surface area contributed by atoms with Crippen molar-refractivity contribution in [2.24, 2.45) is 0 Å². The van der Waals surface area contributed by atoms with Gasteiger partial charge in [0, 0.05) is 12.5 Å². The Morgan fingerprint density at radius 3 is 1.90 bits per heavy atom. The van der Waals surface area contributed by atoms with Gasteiger partial charge < -0.3 is 0 Å². The fourth-order valence-corrected chi connectivity index (χ4v) is 0.731. The molecule has 0 spiro atoms. The van der Waals surface area contributed by atoms with Crippen LogP contribution in [-0.2, 0) is 5.92 Å². The molecule has 0 aliphatic carbocycles. The van der Waals surface area contributed by atoms with E-state index in [2.05, 4.69) is 0 Å². The largest absolute Gasteiger partial charge is 0.270 e. The lowest BCUT2D eigenvalue weighted by atomic mass is 10.1. The molecule has 54 valence electrons. The van der Waals surface area contributed by atoms with Crippen LogP contribution in [0.5, 0.6) is 0 Å². The van der Waals surface area contributed by atoms with Crippen LogP contribution in [0, 0.1) is 0 Å². The summed E-state index contributed by atoms with van der Waals surface area (Å²) in [5.74, 6) is -2.71. The van der Waals surface area contributed by atoms with Crippen LogP contribution < -0.4 is 0 Å². The fourth-order valence-electron chi connectivity index (χ4n) is 0.731. The molecule has 0 bridgehead atoms. The molecule has 2 heteroatoms. The van der Waals surface area contributed by atoms with Gasteiger partial charge in [0.25, 0.3) is 5.92 Å². The lowest BCUT2D eigenvalue weighted by Crippen LogP contribution is -2.05. The van der Waals surface area contributed by atoms with Crippen LogP contribution in [0.3, 0.4) is 0 Å². The third-order valence-electron chi connectivity index (χ3n) is 1.28. The number of hydrogen-bond donors (Lipinski definition) is 0. The van der Waals surface area contributed by atoms with Gasteiger partial charge in [0.2, 0.25) is 0 Å². The van der Waals surface area contributed by atoms with Crippen LogP contribution >= 0.6 is 0 Å². The highest BCUT2D eigenvalue weighted by molar-refractivity contribution is 5.18. The molecule has 0 saturated carbocycles. The predicted molar refractivity (Wildman–Crippen MR) is 36.0 cm³/mol. The molecule has 0 aliphatic rings. The van der Waals surface area contributed by atoms with Crippen LogP contribution in [-0.4, -0.2) is 0 Å². The number of alkyl halides is 2. The minimum atomic E-state index is -2.71. The summed E-state index contributed by atoms with van der Waals surface area (Å²) in [6, 6.07) is 7.76. The highest BCUT2D eigenvalue weighted by Crippen LogP contribution is 2.25. The summed E-state index contributed by atoms with van der Waals surface area (Å²) < 4.78 is 24.9. The Morgan fingerprint density at radius 2 is 1.60 bits per heavy atom. The topological polar surface area (TPSA) is 0 Å². The standard InChI is InChI=1S/C8H8F2/c1-8(9,10)7-5-3-2-4-6-7/h2-6H,1H3. The summed E-state index contributed by atoms with van der Waals surface area (Å²) in [5, 5.41) is 0. The third kappa shape index (κ3) is 1.53. The molecular weight excluding hydrogens is 134 g/mol. The SMILES string of the molecule is CC(F)(F)c1ccccc1. The maximum absolute atomic E-state index is 12.5. The fraction of sp³-hybridized carbons (Fsp3) is 0.250. The molecule has 1 aromatic rings. The molecule has 0 unspecified atom stereocenters. The van der Waals surface area contributed by atoms with E-state index in [0.29, 0.717) is 0 Å². The molecule has 0 N–H and O–H groups in total. The first kappa shape index (κ1) is 7.19. The maximum Gasteiger partial charge on any atom is 0.270 e. The van der Waals surface area contributed by atoms with Crippen molar-refractivity contribution in [3.8, 4) is 0 Å². The zero-order valence-corrected chi connectivity index (χ0v) is 5.64. The van der Waals surface area contributed by atoms with E-state index in [9.17, 15) is 8.78 Å². The van der Waals surface area contributed by atoms with Crippen molar-refractivity contribution in [2.45, 2.75) is 12.8 Å². The van der Waals surface area contributed by atoms with Gasteiger partial charge >= 0.3 is 0 Å². The summed E-state index contributed by atoms with van der Waals surface area (Å²) in [7, 11) is 0. The van der Waals surface area contributed by atoms with Crippen molar-refractivity contribution in [1.82, 2.24) is 0 Å². The van der Waals surface area contributed by atoms with E-state index < -0.39 is 5.92 Å². The van der Waals surface area contributed by atoms with Crippen LogP contribution in [0.25, 0.3) is 0 Å². The van der Waals surface area contributed by atoms with Crippen LogP contribution in [0.15, 0.2) is 30.3 Å². The third-order valence-corrected chi connectivity index (χ3v) is 1.28. The smallest absolute Gasteiger partial charge is 0.202 e. The van der Waals surface area contributed by atoms with E-state index in [4.69, 9.17) is 0 Å². The van der Waals surface area contributed by atoms with E-state index in [1.54, 1.807) is 18.2 Å². The Bertz CT molecular complexity index is 198. The van der Waals surface area contributed by atoms with Gasteiger partial charge in [-0.2, -0.15) is 0 Å². The number of halogens is 2. The second-order valence-corrected chi connectivity index (χ2v) is 2.25. The van der Waals surface area contributed by atoms with Crippen molar-refractivity contribution in [1.29, 1.82) is 0 Å². The van der Waals surface area contributed by atoms with Gasteiger partial charge in [-0.3, -0.25) is 0 Å². The molecule has 0 nitrogen and oxygen atoms in total. The van der Waals surface area contributed by atoms with Gasteiger partial charge in [0.15, 0.2) is 0 Å². The van der Waals surface area contributed by atoms with Crippen molar-refractivity contribution < 1.29 is 8.78 Å². The zero-order valence-electron chi connectivity index (χ0n) is 5.64. The molecule has 0 fully saturated rings. The Labute approximate surface area is 58.5 Å². The van der Waals surface area contributed by atoms with Crippen LogP contribution in [0.2, 0.25) is 0 Å². The van der Waals surface area contributed by atoms with E-state index in [1.165, 1.54) is 12.1 Å².